The lowest BCUT2D eigenvalue weighted by Gasteiger charge is -2.18. The van der Waals surface area contributed by atoms with Gasteiger partial charge in [-0.2, -0.15) is 0 Å². The Hall–Kier alpha value is -2.89. The molecular formula is C55H96O6. The SMILES string of the molecule is CC\C=C/C=C\C=C/C=C\CCCCCCCC(=O)OC(COC(=O)CCCCCCCCC/C=C\CCCCCCCCCC)COC(=O)CCCCCCCCCCC. The maximum Gasteiger partial charge on any atom is 0.306 e. The van der Waals surface area contributed by atoms with Gasteiger partial charge in [0.25, 0.3) is 0 Å². The first kappa shape index (κ1) is 58.1. The van der Waals surface area contributed by atoms with Gasteiger partial charge in [-0.05, 0) is 64.2 Å². The topological polar surface area (TPSA) is 78.9 Å². The number of esters is 3. The first-order valence-corrected chi connectivity index (χ1v) is 25.8. The van der Waals surface area contributed by atoms with Crippen LogP contribution < -0.4 is 0 Å². The van der Waals surface area contributed by atoms with E-state index >= 15 is 0 Å². The predicted octanol–water partition coefficient (Wildman–Crippen LogP) is 16.9. The molecule has 0 radical (unpaired) electrons. The van der Waals surface area contributed by atoms with E-state index in [0.717, 1.165) is 83.5 Å². The summed E-state index contributed by atoms with van der Waals surface area (Å²) >= 11 is 0. The number of ether oxygens (including phenoxy) is 3. The zero-order valence-corrected chi connectivity index (χ0v) is 40.2. The molecule has 0 saturated carbocycles. The number of hydrogen-bond acceptors (Lipinski definition) is 6. The fourth-order valence-corrected chi connectivity index (χ4v) is 7.21. The zero-order chi connectivity index (χ0) is 44.4. The van der Waals surface area contributed by atoms with Gasteiger partial charge in [-0.1, -0.05) is 229 Å². The van der Waals surface area contributed by atoms with Gasteiger partial charge in [0.15, 0.2) is 6.10 Å². The Morgan fingerprint density at radius 2 is 0.656 bits per heavy atom. The molecule has 0 N–H and O–H groups in total. The molecule has 0 aromatic carbocycles. The molecule has 0 spiro atoms. The first-order chi connectivity index (χ1) is 30.0. The normalized spacial score (nSPS) is 12.5. The largest absolute Gasteiger partial charge is 0.462 e. The summed E-state index contributed by atoms with van der Waals surface area (Å²) in [5.41, 5.74) is 0. The maximum atomic E-state index is 12.8. The van der Waals surface area contributed by atoms with Crippen molar-refractivity contribution in [2.24, 2.45) is 0 Å². The van der Waals surface area contributed by atoms with Crippen LogP contribution in [0, 0.1) is 0 Å². The van der Waals surface area contributed by atoms with Crippen molar-refractivity contribution in [3.63, 3.8) is 0 Å². The minimum atomic E-state index is -0.785. The van der Waals surface area contributed by atoms with E-state index in [2.05, 4.69) is 63.3 Å². The average Bonchev–Trinajstić information content (AvgIpc) is 3.26. The van der Waals surface area contributed by atoms with Crippen LogP contribution in [0.15, 0.2) is 60.8 Å². The Morgan fingerprint density at radius 3 is 1.05 bits per heavy atom. The Labute approximate surface area is 377 Å². The Balaban J connectivity index is 4.33. The number of carbonyl (C=O) groups is 3. The fraction of sp³-hybridized carbons (Fsp3) is 0.764. The minimum absolute atomic E-state index is 0.0841. The highest BCUT2D eigenvalue weighted by atomic mass is 16.6. The van der Waals surface area contributed by atoms with Gasteiger partial charge in [-0.3, -0.25) is 14.4 Å². The van der Waals surface area contributed by atoms with Gasteiger partial charge >= 0.3 is 17.9 Å². The summed E-state index contributed by atoms with van der Waals surface area (Å²) in [6.07, 6.45) is 60.7. The van der Waals surface area contributed by atoms with Gasteiger partial charge in [0, 0.05) is 19.3 Å². The molecular weight excluding hydrogens is 757 g/mol. The van der Waals surface area contributed by atoms with Gasteiger partial charge < -0.3 is 14.2 Å². The molecule has 0 heterocycles. The second kappa shape index (κ2) is 49.8. The molecule has 0 aromatic heterocycles. The number of rotatable bonds is 46. The third kappa shape index (κ3) is 48.0. The van der Waals surface area contributed by atoms with Gasteiger partial charge in [-0.15, -0.1) is 0 Å². The van der Waals surface area contributed by atoms with Crippen LogP contribution in [-0.2, 0) is 28.6 Å². The van der Waals surface area contributed by atoms with E-state index in [1.165, 1.54) is 128 Å². The molecule has 6 heteroatoms. The van der Waals surface area contributed by atoms with E-state index in [4.69, 9.17) is 14.2 Å². The van der Waals surface area contributed by atoms with Crippen molar-refractivity contribution in [1.29, 1.82) is 0 Å². The van der Waals surface area contributed by atoms with Gasteiger partial charge in [0.2, 0.25) is 0 Å². The Bertz CT molecular complexity index is 1120. The van der Waals surface area contributed by atoms with Crippen LogP contribution in [0.3, 0.4) is 0 Å². The molecule has 0 amide bonds. The Morgan fingerprint density at radius 1 is 0.344 bits per heavy atom. The summed E-state index contributed by atoms with van der Waals surface area (Å²) in [7, 11) is 0. The summed E-state index contributed by atoms with van der Waals surface area (Å²) in [6, 6.07) is 0. The molecule has 0 aliphatic heterocycles. The molecule has 0 saturated heterocycles. The zero-order valence-electron chi connectivity index (χ0n) is 40.2. The summed E-state index contributed by atoms with van der Waals surface area (Å²) in [5, 5.41) is 0. The van der Waals surface area contributed by atoms with E-state index in [1.54, 1.807) is 0 Å². The standard InChI is InChI=1S/C55H96O6/c1-4-7-10-13-16-19-21-23-25-26-27-28-30-31-33-36-39-42-45-48-54(57)60-51-52(50-59-53(56)47-44-41-38-35-18-15-12-9-6-3)61-55(58)49-46-43-40-37-34-32-29-24-22-20-17-14-11-8-5-2/h8,11,14,17,20,22,24,26-27,29,52H,4-7,9-10,12-13,15-16,18-19,21,23,25,28,30-51H2,1-3H3/b11-8-,17-14-,22-20-,27-26-,29-24-. The van der Waals surface area contributed by atoms with Crippen molar-refractivity contribution in [1.82, 2.24) is 0 Å². The molecule has 0 bridgehead atoms. The second-order valence-electron chi connectivity index (χ2n) is 17.1. The highest BCUT2D eigenvalue weighted by Crippen LogP contribution is 2.15. The molecule has 0 rings (SSSR count). The molecule has 1 unspecified atom stereocenters. The van der Waals surface area contributed by atoms with Crippen molar-refractivity contribution in [2.75, 3.05) is 13.2 Å². The molecule has 61 heavy (non-hydrogen) atoms. The predicted molar refractivity (Wildman–Crippen MR) is 261 cm³/mol. The lowest BCUT2D eigenvalue weighted by atomic mass is 10.1. The van der Waals surface area contributed by atoms with Crippen LogP contribution in [0.2, 0.25) is 0 Å². The highest BCUT2D eigenvalue weighted by molar-refractivity contribution is 5.71. The smallest absolute Gasteiger partial charge is 0.306 e. The molecule has 6 nitrogen and oxygen atoms in total. The lowest BCUT2D eigenvalue weighted by Crippen LogP contribution is -2.30. The monoisotopic (exact) mass is 853 g/mol. The van der Waals surface area contributed by atoms with E-state index in [-0.39, 0.29) is 31.1 Å². The van der Waals surface area contributed by atoms with Crippen molar-refractivity contribution >= 4 is 17.9 Å². The van der Waals surface area contributed by atoms with Crippen molar-refractivity contribution in [2.45, 2.75) is 258 Å². The third-order valence-corrected chi connectivity index (χ3v) is 11.1. The van der Waals surface area contributed by atoms with E-state index in [1.807, 2.05) is 18.2 Å². The summed E-state index contributed by atoms with van der Waals surface area (Å²) < 4.78 is 16.7. The van der Waals surface area contributed by atoms with Crippen LogP contribution in [0.1, 0.15) is 252 Å². The number of hydrogen-bond donors (Lipinski definition) is 0. The van der Waals surface area contributed by atoms with E-state index in [9.17, 15) is 14.4 Å². The lowest BCUT2D eigenvalue weighted by molar-refractivity contribution is -0.167. The molecule has 1 atom stereocenters. The highest BCUT2D eigenvalue weighted by Gasteiger charge is 2.19. The molecule has 0 aliphatic rings. The van der Waals surface area contributed by atoms with Crippen LogP contribution in [0.5, 0.6) is 0 Å². The van der Waals surface area contributed by atoms with Crippen molar-refractivity contribution < 1.29 is 28.6 Å². The van der Waals surface area contributed by atoms with Gasteiger partial charge in [0.1, 0.15) is 13.2 Å². The number of unbranched alkanes of at least 4 members (excludes halogenated alkanes) is 28. The summed E-state index contributed by atoms with van der Waals surface area (Å²) in [4.78, 5) is 37.9. The van der Waals surface area contributed by atoms with Crippen LogP contribution >= 0.6 is 0 Å². The summed E-state index contributed by atoms with van der Waals surface area (Å²) in [6.45, 7) is 6.46. The number of carbonyl (C=O) groups excluding carboxylic acids is 3. The molecule has 0 aromatic rings. The fourth-order valence-electron chi connectivity index (χ4n) is 7.21. The maximum absolute atomic E-state index is 12.8. The van der Waals surface area contributed by atoms with Gasteiger partial charge in [0.05, 0.1) is 0 Å². The van der Waals surface area contributed by atoms with Gasteiger partial charge in [-0.25, -0.2) is 0 Å². The van der Waals surface area contributed by atoms with Crippen molar-refractivity contribution in [3.05, 3.63) is 60.8 Å². The van der Waals surface area contributed by atoms with E-state index < -0.39 is 6.10 Å². The van der Waals surface area contributed by atoms with Crippen molar-refractivity contribution in [3.8, 4) is 0 Å². The minimum Gasteiger partial charge on any atom is -0.462 e. The third-order valence-electron chi connectivity index (χ3n) is 11.1. The average molecular weight is 853 g/mol. The van der Waals surface area contributed by atoms with Crippen LogP contribution in [-0.4, -0.2) is 37.2 Å². The first-order valence-electron chi connectivity index (χ1n) is 25.8. The van der Waals surface area contributed by atoms with Crippen LogP contribution in [0.4, 0.5) is 0 Å². The number of allylic oxidation sites excluding steroid dienone is 10. The summed E-state index contributed by atoms with van der Waals surface area (Å²) in [5.74, 6) is -0.911. The Kier molecular flexibility index (Phi) is 47.4. The molecule has 0 aliphatic carbocycles. The molecule has 0 fully saturated rings. The van der Waals surface area contributed by atoms with Crippen LogP contribution in [0.25, 0.3) is 0 Å². The quantitative estimate of drug-likeness (QED) is 0.0200. The second-order valence-corrected chi connectivity index (χ2v) is 17.1. The van der Waals surface area contributed by atoms with E-state index in [0.29, 0.717) is 19.3 Å². The molecule has 352 valence electrons.